The largest absolute Gasteiger partial charge is 0.496 e. The van der Waals surface area contributed by atoms with Gasteiger partial charge in [0, 0.05) is 0 Å². The SMILES string of the molecule is COc1cc(C)c(F)cc1CCC(C)O. The Balaban J connectivity index is 2.89. The molecule has 1 atom stereocenters. The molecule has 0 aromatic heterocycles. The molecule has 1 unspecified atom stereocenters. The smallest absolute Gasteiger partial charge is 0.126 e. The number of halogens is 1. The summed E-state index contributed by atoms with van der Waals surface area (Å²) in [7, 11) is 1.57. The molecule has 3 heteroatoms. The van der Waals surface area contributed by atoms with Crippen LogP contribution in [0, 0.1) is 12.7 Å². The fraction of sp³-hybridized carbons (Fsp3) is 0.500. The molecular formula is C12H17FO2. The van der Waals surface area contributed by atoms with Crippen LogP contribution in [0.2, 0.25) is 0 Å². The van der Waals surface area contributed by atoms with Gasteiger partial charge in [-0.15, -0.1) is 0 Å². The quantitative estimate of drug-likeness (QED) is 0.830. The van der Waals surface area contributed by atoms with Crippen molar-refractivity contribution in [1.29, 1.82) is 0 Å². The van der Waals surface area contributed by atoms with Gasteiger partial charge in [0.15, 0.2) is 0 Å². The van der Waals surface area contributed by atoms with Crippen molar-refractivity contribution >= 4 is 0 Å². The lowest BCUT2D eigenvalue weighted by atomic mass is 10.0. The average molecular weight is 212 g/mol. The highest BCUT2D eigenvalue weighted by Gasteiger charge is 2.08. The molecular weight excluding hydrogens is 195 g/mol. The van der Waals surface area contributed by atoms with E-state index in [1.807, 2.05) is 0 Å². The van der Waals surface area contributed by atoms with Crippen LogP contribution >= 0.6 is 0 Å². The first kappa shape index (κ1) is 12.0. The van der Waals surface area contributed by atoms with Gasteiger partial charge in [-0.05, 0) is 49.9 Å². The third-order valence-corrected chi connectivity index (χ3v) is 2.39. The first-order chi connectivity index (χ1) is 7.04. The molecule has 0 heterocycles. The van der Waals surface area contributed by atoms with E-state index < -0.39 is 0 Å². The molecule has 0 amide bonds. The molecule has 2 nitrogen and oxygen atoms in total. The average Bonchev–Trinajstić information content (AvgIpc) is 2.19. The molecule has 84 valence electrons. The van der Waals surface area contributed by atoms with Crippen molar-refractivity contribution in [1.82, 2.24) is 0 Å². The molecule has 1 aromatic carbocycles. The second-order valence-corrected chi connectivity index (χ2v) is 3.80. The molecule has 0 bridgehead atoms. The number of methoxy groups -OCH3 is 1. The summed E-state index contributed by atoms with van der Waals surface area (Å²) in [6.07, 6.45) is 0.857. The zero-order valence-corrected chi connectivity index (χ0v) is 9.38. The highest BCUT2D eigenvalue weighted by molar-refractivity contribution is 5.38. The van der Waals surface area contributed by atoms with Crippen molar-refractivity contribution in [3.05, 3.63) is 29.1 Å². The van der Waals surface area contributed by atoms with Crippen LogP contribution in [0.25, 0.3) is 0 Å². The lowest BCUT2D eigenvalue weighted by Gasteiger charge is -2.11. The number of aliphatic hydroxyl groups is 1. The van der Waals surface area contributed by atoms with Crippen LogP contribution in [0.4, 0.5) is 4.39 Å². The first-order valence-corrected chi connectivity index (χ1v) is 5.05. The standard InChI is InChI=1S/C12H17FO2/c1-8-6-12(15-3)10(7-11(8)13)5-4-9(2)14/h6-7,9,14H,4-5H2,1-3H3. The fourth-order valence-electron chi connectivity index (χ4n) is 1.45. The van der Waals surface area contributed by atoms with Gasteiger partial charge in [0.05, 0.1) is 13.2 Å². The minimum Gasteiger partial charge on any atom is -0.496 e. The highest BCUT2D eigenvalue weighted by atomic mass is 19.1. The first-order valence-electron chi connectivity index (χ1n) is 5.05. The van der Waals surface area contributed by atoms with Gasteiger partial charge in [-0.3, -0.25) is 0 Å². The van der Waals surface area contributed by atoms with Gasteiger partial charge >= 0.3 is 0 Å². The summed E-state index contributed by atoms with van der Waals surface area (Å²) in [4.78, 5) is 0. The topological polar surface area (TPSA) is 29.5 Å². The van der Waals surface area contributed by atoms with Gasteiger partial charge in [0.2, 0.25) is 0 Å². The summed E-state index contributed by atoms with van der Waals surface area (Å²) in [5, 5.41) is 9.17. The lowest BCUT2D eigenvalue weighted by molar-refractivity contribution is 0.184. The van der Waals surface area contributed by atoms with Crippen LogP contribution in [-0.2, 0) is 6.42 Å². The van der Waals surface area contributed by atoms with E-state index in [1.165, 1.54) is 6.07 Å². The number of rotatable bonds is 4. The van der Waals surface area contributed by atoms with Crippen LogP contribution < -0.4 is 4.74 Å². The highest BCUT2D eigenvalue weighted by Crippen LogP contribution is 2.24. The maximum absolute atomic E-state index is 13.3. The third-order valence-electron chi connectivity index (χ3n) is 2.39. The third kappa shape index (κ3) is 3.20. The molecule has 0 aliphatic carbocycles. The van der Waals surface area contributed by atoms with Crippen molar-refractivity contribution in [3.63, 3.8) is 0 Å². The number of ether oxygens (including phenoxy) is 1. The van der Waals surface area contributed by atoms with Gasteiger partial charge in [-0.1, -0.05) is 0 Å². The fourth-order valence-corrected chi connectivity index (χ4v) is 1.45. The van der Waals surface area contributed by atoms with Crippen LogP contribution in [-0.4, -0.2) is 18.3 Å². The second-order valence-electron chi connectivity index (χ2n) is 3.80. The van der Waals surface area contributed by atoms with Crippen LogP contribution in [0.3, 0.4) is 0 Å². The predicted molar refractivity (Wildman–Crippen MR) is 57.7 cm³/mol. The molecule has 0 radical (unpaired) electrons. The predicted octanol–water partition coefficient (Wildman–Crippen LogP) is 2.46. The van der Waals surface area contributed by atoms with Crippen molar-refractivity contribution < 1.29 is 14.2 Å². The van der Waals surface area contributed by atoms with Gasteiger partial charge in [0.25, 0.3) is 0 Å². The molecule has 1 aromatic rings. The molecule has 1 rings (SSSR count). The normalized spacial score (nSPS) is 12.6. The Kier molecular flexibility index (Phi) is 4.09. The van der Waals surface area contributed by atoms with E-state index >= 15 is 0 Å². The van der Waals surface area contributed by atoms with Gasteiger partial charge in [-0.25, -0.2) is 4.39 Å². The van der Waals surface area contributed by atoms with Crippen LogP contribution in [0.5, 0.6) is 5.75 Å². The van der Waals surface area contributed by atoms with E-state index in [1.54, 1.807) is 27.0 Å². The summed E-state index contributed by atoms with van der Waals surface area (Å²) in [5.41, 5.74) is 1.38. The van der Waals surface area contributed by atoms with E-state index in [4.69, 9.17) is 9.84 Å². The molecule has 15 heavy (non-hydrogen) atoms. The van der Waals surface area contributed by atoms with Gasteiger partial charge in [0.1, 0.15) is 11.6 Å². The molecule has 0 saturated carbocycles. The number of hydrogen-bond donors (Lipinski definition) is 1. The Labute approximate surface area is 89.7 Å². The summed E-state index contributed by atoms with van der Waals surface area (Å²) in [6, 6.07) is 3.17. The second kappa shape index (κ2) is 5.12. The Morgan fingerprint density at radius 3 is 2.67 bits per heavy atom. The molecule has 0 spiro atoms. The lowest BCUT2D eigenvalue weighted by Crippen LogP contribution is -2.03. The van der Waals surface area contributed by atoms with Gasteiger partial charge < -0.3 is 9.84 Å². The van der Waals surface area contributed by atoms with Crippen molar-refractivity contribution in [2.75, 3.05) is 7.11 Å². The minimum absolute atomic E-state index is 0.226. The Hall–Kier alpha value is -1.09. The summed E-state index contributed by atoms with van der Waals surface area (Å²) < 4.78 is 18.5. The minimum atomic E-state index is -0.376. The van der Waals surface area contributed by atoms with Crippen molar-refractivity contribution in [2.24, 2.45) is 0 Å². The van der Waals surface area contributed by atoms with Crippen molar-refractivity contribution in [3.8, 4) is 5.75 Å². The number of hydrogen-bond acceptors (Lipinski definition) is 2. The van der Waals surface area contributed by atoms with Crippen LogP contribution in [0.15, 0.2) is 12.1 Å². The van der Waals surface area contributed by atoms with E-state index in [0.29, 0.717) is 24.2 Å². The summed E-state index contributed by atoms with van der Waals surface area (Å²) in [5.74, 6) is 0.464. The maximum Gasteiger partial charge on any atom is 0.126 e. The number of aryl methyl sites for hydroxylation is 2. The Morgan fingerprint density at radius 2 is 2.13 bits per heavy atom. The van der Waals surface area contributed by atoms with E-state index in [0.717, 1.165) is 5.56 Å². The summed E-state index contributed by atoms with van der Waals surface area (Å²) >= 11 is 0. The van der Waals surface area contributed by atoms with E-state index in [-0.39, 0.29) is 11.9 Å². The Bertz CT molecular complexity index is 335. The molecule has 0 aliphatic rings. The van der Waals surface area contributed by atoms with Crippen LogP contribution in [0.1, 0.15) is 24.5 Å². The molecule has 0 aliphatic heterocycles. The van der Waals surface area contributed by atoms with E-state index in [2.05, 4.69) is 0 Å². The Morgan fingerprint density at radius 1 is 1.47 bits per heavy atom. The molecule has 0 fully saturated rings. The van der Waals surface area contributed by atoms with Crippen molar-refractivity contribution in [2.45, 2.75) is 32.8 Å². The zero-order valence-electron chi connectivity index (χ0n) is 9.38. The number of benzene rings is 1. The monoisotopic (exact) mass is 212 g/mol. The molecule has 1 N–H and O–H groups in total. The van der Waals surface area contributed by atoms with Gasteiger partial charge in [-0.2, -0.15) is 0 Å². The van der Waals surface area contributed by atoms with E-state index in [9.17, 15) is 4.39 Å². The number of aliphatic hydroxyl groups excluding tert-OH is 1. The summed E-state index contributed by atoms with van der Waals surface area (Å²) in [6.45, 7) is 3.42. The maximum atomic E-state index is 13.3. The molecule has 0 saturated heterocycles. The zero-order chi connectivity index (χ0) is 11.4.